The number of esters is 1. The van der Waals surface area contributed by atoms with Gasteiger partial charge in [-0.15, -0.1) is 0 Å². The third-order valence-corrected chi connectivity index (χ3v) is 2.30. The van der Waals surface area contributed by atoms with Crippen LogP contribution in [0.15, 0.2) is 30.3 Å². The van der Waals surface area contributed by atoms with E-state index in [2.05, 4.69) is 9.72 Å². The summed E-state index contributed by atoms with van der Waals surface area (Å²) in [6, 6.07) is 8.70. The van der Waals surface area contributed by atoms with Gasteiger partial charge in [0.25, 0.3) is 0 Å². The van der Waals surface area contributed by atoms with Crippen molar-refractivity contribution in [1.82, 2.24) is 4.98 Å². The van der Waals surface area contributed by atoms with Gasteiger partial charge in [-0.1, -0.05) is 12.1 Å². The standard InChI is InChI=1S/C12H11NO3/c1-16-12(15)7-8-6-11(14)9-4-2-3-5-10(9)13-8/h2-6H,7H2,1H3,(H,13,14). The summed E-state index contributed by atoms with van der Waals surface area (Å²) in [6.07, 6.45) is 0.0644. The second-order valence-corrected chi connectivity index (χ2v) is 3.40. The lowest BCUT2D eigenvalue weighted by Crippen LogP contribution is -2.06. The molecule has 0 atom stereocenters. The number of carbonyl (C=O) groups excluding carboxylic acids is 1. The van der Waals surface area contributed by atoms with E-state index in [-0.39, 0.29) is 18.1 Å². The molecule has 1 heterocycles. The molecule has 0 aliphatic rings. The van der Waals surface area contributed by atoms with E-state index in [1.165, 1.54) is 13.2 Å². The first-order valence-electron chi connectivity index (χ1n) is 4.85. The Bertz CT molecular complexity index is 537. The minimum absolute atomic E-state index is 0.0644. The number of methoxy groups -OCH3 is 1. The maximum absolute atomic E-state index is 11.1. The van der Waals surface area contributed by atoms with E-state index in [1.54, 1.807) is 12.1 Å². The molecule has 2 rings (SSSR count). The highest BCUT2D eigenvalue weighted by Crippen LogP contribution is 2.23. The highest BCUT2D eigenvalue weighted by Gasteiger charge is 2.08. The molecule has 0 aliphatic carbocycles. The molecule has 1 aromatic heterocycles. The lowest BCUT2D eigenvalue weighted by atomic mass is 10.1. The number of hydrogen-bond donors (Lipinski definition) is 1. The van der Waals surface area contributed by atoms with E-state index in [1.807, 2.05) is 12.1 Å². The average Bonchev–Trinajstić information content (AvgIpc) is 2.29. The number of benzene rings is 1. The second-order valence-electron chi connectivity index (χ2n) is 3.40. The molecule has 0 saturated heterocycles. The summed E-state index contributed by atoms with van der Waals surface area (Å²) >= 11 is 0. The Balaban J connectivity index is 2.45. The van der Waals surface area contributed by atoms with Gasteiger partial charge in [0, 0.05) is 11.5 Å². The molecular formula is C12H11NO3. The summed E-state index contributed by atoms with van der Waals surface area (Å²) < 4.78 is 4.55. The van der Waals surface area contributed by atoms with Crippen molar-refractivity contribution in [1.29, 1.82) is 0 Å². The van der Waals surface area contributed by atoms with Gasteiger partial charge in [-0.3, -0.25) is 9.78 Å². The molecule has 1 N–H and O–H groups in total. The Kier molecular flexibility index (Phi) is 2.72. The van der Waals surface area contributed by atoms with Crippen LogP contribution in [0.4, 0.5) is 0 Å². The third kappa shape index (κ3) is 1.95. The Morgan fingerprint density at radius 2 is 2.19 bits per heavy atom. The molecule has 82 valence electrons. The smallest absolute Gasteiger partial charge is 0.311 e. The largest absolute Gasteiger partial charge is 0.507 e. The van der Waals surface area contributed by atoms with Gasteiger partial charge >= 0.3 is 5.97 Å². The van der Waals surface area contributed by atoms with Crippen molar-refractivity contribution in [3.05, 3.63) is 36.0 Å². The lowest BCUT2D eigenvalue weighted by molar-refractivity contribution is -0.139. The van der Waals surface area contributed by atoms with Gasteiger partial charge in [0.1, 0.15) is 5.75 Å². The summed E-state index contributed by atoms with van der Waals surface area (Å²) in [5.41, 5.74) is 1.17. The Labute approximate surface area is 92.5 Å². The van der Waals surface area contributed by atoms with Crippen LogP contribution in [0.5, 0.6) is 5.75 Å². The zero-order valence-electron chi connectivity index (χ0n) is 8.80. The number of hydrogen-bond acceptors (Lipinski definition) is 4. The lowest BCUT2D eigenvalue weighted by Gasteiger charge is -2.04. The quantitative estimate of drug-likeness (QED) is 0.777. The molecule has 0 amide bonds. The predicted octanol–water partition coefficient (Wildman–Crippen LogP) is 1.66. The summed E-state index contributed by atoms with van der Waals surface area (Å²) in [4.78, 5) is 15.3. The second kappa shape index (κ2) is 4.18. The van der Waals surface area contributed by atoms with Gasteiger partial charge in [0.05, 0.1) is 24.7 Å². The number of carbonyl (C=O) groups is 1. The van der Waals surface area contributed by atoms with Crippen molar-refractivity contribution in [3.8, 4) is 5.75 Å². The number of rotatable bonds is 2. The van der Waals surface area contributed by atoms with Crippen LogP contribution in [0.2, 0.25) is 0 Å². The maximum atomic E-state index is 11.1. The molecule has 1 aromatic carbocycles. The van der Waals surface area contributed by atoms with Crippen LogP contribution in [-0.2, 0) is 16.0 Å². The van der Waals surface area contributed by atoms with Crippen LogP contribution in [-0.4, -0.2) is 23.2 Å². The molecule has 0 unspecified atom stereocenters. The summed E-state index contributed by atoms with van der Waals surface area (Å²) in [5, 5.41) is 10.4. The fourth-order valence-electron chi connectivity index (χ4n) is 1.52. The van der Waals surface area contributed by atoms with Gasteiger partial charge in [0.2, 0.25) is 0 Å². The molecule has 0 spiro atoms. The van der Waals surface area contributed by atoms with Crippen LogP contribution in [0.25, 0.3) is 10.9 Å². The predicted molar refractivity (Wildman–Crippen MR) is 59.1 cm³/mol. The first kappa shape index (κ1) is 10.4. The highest BCUT2D eigenvalue weighted by atomic mass is 16.5. The van der Waals surface area contributed by atoms with E-state index in [4.69, 9.17) is 0 Å². The van der Waals surface area contributed by atoms with Gasteiger partial charge in [0.15, 0.2) is 0 Å². The summed E-state index contributed by atoms with van der Waals surface area (Å²) in [5.74, 6) is -0.244. The maximum Gasteiger partial charge on any atom is 0.311 e. The summed E-state index contributed by atoms with van der Waals surface area (Å²) in [6.45, 7) is 0. The van der Waals surface area contributed by atoms with E-state index >= 15 is 0 Å². The third-order valence-electron chi connectivity index (χ3n) is 2.30. The number of aromatic hydroxyl groups is 1. The van der Waals surface area contributed by atoms with Gasteiger partial charge < -0.3 is 9.84 Å². The number of ether oxygens (including phenoxy) is 1. The van der Waals surface area contributed by atoms with E-state index in [0.29, 0.717) is 16.6 Å². The van der Waals surface area contributed by atoms with Crippen LogP contribution in [0.1, 0.15) is 5.69 Å². The van der Waals surface area contributed by atoms with Crippen LogP contribution < -0.4 is 0 Å². The van der Waals surface area contributed by atoms with E-state index in [9.17, 15) is 9.90 Å². The van der Waals surface area contributed by atoms with Crippen LogP contribution in [0.3, 0.4) is 0 Å². The normalized spacial score (nSPS) is 10.3. The van der Waals surface area contributed by atoms with Gasteiger partial charge in [-0.2, -0.15) is 0 Å². The number of pyridine rings is 1. The molecule has 16 heavy (non-hydrogen) atoms. The minimum Gasteiger partial charge on any atom is -0.507 e. The zero-order valence-corrected chi connectivity index (χ0v) is 8.80. The Morgan fingerprint density at radius 1 is 1.44 bits per heavy atom. The topological polar surface area (TPSA) is 59.4 Å². The van der Waals surface area contributed by atoms with Crippen molar-refractivity contribution in [2.75, 3.05) is 7.11 Å². The number of aromatic nitrogens is 1. The molecule has 0 radical (unpaired) electrons. The molecule has 4 heteroatoms. The number of nitrogens with zero attached hydrogens (tertiary/aromatic N) is 1. The molecule has 0 bridgehead atoms. The minimum atomic E-state index is -0.373. The molecule has 2 aromatic rings. The number of para-hydroxylation sites is 1. The van der Waals surface area contributed by atoms with Crippen molar-refractivity contribution < 1.29 is 14.6 Å². The molecule has 4 nitrogen and oxygen atoms in total. The molecular weight excluding hydrogens is 206 g/mol. The average molecular weight is 217 g/mol. The van der Waals surface area contributed by atoms with Crippen molar-refractivity contribution in [2.24, 2.45) is 0 Å². The highest BCUT2D eigenvalue weighted by molar-refractivity contribution is 5.85. The van der Waals surface area contributed by atoms with Crippen molar-refractivity contribution in [3.63, 3.8) is 0 Å². The molecule has 0 saturated carbocycles. The van der Waals surface area contributed by atoms with E-state index < -0.39 is 0 Å². The van der Waals surface area contributed by atoms with Gasteiger partial charge in [-0.25, -0.2) is 0 Å². The zero-order chi connectivity index (χ0) is 11.5. The van der Waals surface area contributed by atoms with Crippen molar-refractivity contribution in [2.45, 2.75) is 6.42 Å². The molecule has 0 fully saturated rings. The first-order valence-corrected chi connectivity index (χ1v) is 4.85. The van der Waals surface area contributed by atoms with Crippen LogP contribution in [0, 0.1) is 0 Å². The number of fused-ring (bicyclic) bond motifs is 1. The summed E-state index contributed by atoms with van der Waals surface area (Å²) in [7, 11) is 1.32. The Morgan fingerprint density at radius 3 is 2.94 bits per heavy atom. The SMILES string of the molecule is COC(=O)Cc1cc(O)c2ccccc2n1. The molecule has 0 aliphatic heterocycles. The monoisotopic (exact) mass is 217 g/mol. The fraction of sp³-hybridized carbons (Fsp3) is 0.167. The van der Waals surface area contributed by atoms with Crippen molar-refractivity contribution >= 4 is 16.9 Å². The Hall–Kier alpha value is -2.10. The fourth-order valence-corrected chi connectivity index (χ4v) is 1.52. The first-order chi connectivity index (χ1) is 7.70. The van der Waals surface area contributed by atoms with Crippen LogP contribution >= 0.6 is 0 Å². The van der Waals surface area contributed by atoms with Gasteiger partial charge in [-0.05, 0) is 12.1 Å². The van der Waals surface area contributed by atoms with E-state index in [0.717, 1.165) is 0 Å².